The van der Waals surface area contributed by atoms with Crippen LogP contribution in [0.3, 0.4) is 0 Å². The first-order valence-electron chi connectivity index (χ1n) is 7.18. The van der Waals surface area contributed by atoms with Gasteiger partial charge in [-0.1, -0.05) is 12.1 Å². The third-order valence-electron chi connectivity index (χ3n) is 4.14. The maximum atomic E-state index is 12.5. The average molecular weight is 296 g/mol. The molecular formula is C15H24N2O2S. The lowest BCUT2D eigenvalue weighted by molar-refractivity contribution is 0.357. The number of sulfonamides is 1. The maximum Gasteiger partial charge on any atom is 0.243 e. The number of nitrogens with zero attached hydrogens (tertiary/aromatic N) is 1. The molecule has 5 heteroatoms. The monoisotopic (exact) mass is 296 g/mol. The fourth-order valence-corrected chi connectivity index (χ4v) is 3.78. The quantitative estimate of drug-likeness (QED) is 0.835. The molecule has 0 aliphatic heterocycles. The second-order valence-electron chi connectivity index (χ2n) is 5.60. The maximum absolute atomic E-state index is 12.5. The minimum Gasteiger partial charge on any atom is -0.319 e. The van der Waals surface area contributed by atoms with Crippen LogP contribution in [-0.4, -0.2) is 39.4 Å². The summed E-state index contributed by atoms with van der Waals surface area (Å²) >= 11 is 0. The second kappa shape index (κ2) is 6.24. The Labute approximate surface area is 122 Å². The summed E-state index contributed by atoms with van der Waals surface area (Å²) in [5.41, 5.74) is 1.15. The lowest BCUT2D eigenvalue weighted by Gasteiger charge is -2.24. The Morgan fingerprint density at radius 1 is 1.30 bits per heavy atom. The first kappa shape index (κ1) is 15.5. The standard InChI is InChI=1S/C15H24N2O2S/c1-12(14-6-7-14)17(3)20(18,19)15-8-4-13(5-9-15)10-11-16-2/h4-5,8-9,12,14,16H,6-7,10-11H2,1-3H3. The predicted octanol–water partition coefficient (Wildman–Crippen LogP) is 1.87. The Bertz CT molecular complexity index is 535. The van der Waals surface area contributed by atoms with Gasteiger partial charge in [-0.25, -0.2) is 8.42 Å². The molecule has 0 bridgehead atoms. The largest absolute Gasteiger partial charge is 0.319 e. The van der Waals surface area contributed by atoms with Gasteiger partial charge in [0.2, 0.25) is 10.0 Å². The predicted molar refractivity (Wildman–Crippen MR) is 81.2 cm³/mol. The van der Waals surface area contributed by atoms with Crippen LogP contribution in [-0.2, 0) is 16.4 Å². The van der Waals surface area contributed by atoms with Gasteiger partial charge in [0.1, 0.15) is 0 Å². The van der Waals surface area contributed by atoms with Crippen molar-refractivity contribution in [1.82, 2.24) is 9.62 Å². The third-order valence-corrected chi connectivity index (χ3v) is 6.10. The highest BCUT2D eigenvalue weighted by Crippen LogP contribution is 2.36. The van der Waals surface area contributed by atoms with Crippen LogP contribution in [0.4, 0.5) is 0 Å². The van der Waals surface area contributed by atoms with Gasteiger partial charge in [-0.15, -0.1) is 0 Å². The van der Waals surface area contributed by atoms with Crippen molar-refractivity contribution in [2.24, 2.45) is 5.92 Å². The lowest BCUT2D eigenvalue weighted by Crippen LogP contribution is -2.36. The number of likely N-dealkylation sites (N-methyl/N-ethyl adjacent to an activating group) is 1. The first-order valence-corrected chi connectivity index (χ1v) is 8.62. The number of rotatable bonds is 7. The highest BCUT2D eigenvalue weighted by Gasteiger charge is 2.35. The van der Waals surface area contributed by atoms with E-state index in [9.17, 15) is 8.42 Å². The van der Waals surface area contributed by atoms with Crippen LogP contribution >= 0.6 is 0 Å². The van der Waals surface area contributed by atoms with Gasteiger partial charge < -0.3 is 5.32 Å². The van der Waals surface area contributed by atoms with Crippen molar-refractivity contribution in [2.45, 2.75) is 37.1 Å². The Kier molecular flexibility index (Phi) is 4.83. The van der Waals surface area contributed by atoms with Gasteiger partial charge in [0.15, 0.2) is 0 Å². The van der Waals surface area contributed by atoms with Crippen molar-refractivity contribution >= 4 is 10.0 Å². The molecule has 20 heavy (non-hydrogen) atoms. The highest BCUT2D eigenvalue weighted by atomic mass is 32.2. The minimum atomic E-state index is -3.36. The summed E-state index contributed by atoms with van der Waals surface area (Å²) in [6.45, 7) is 2.89. The molecule has 4 nitrogen and oxygen atoms in total. The Balaban J connectivity index is 2.12. The van der Waals surface area contributed by atoms with E-state index in [0.717, 1.165) is 31.4 Å². The van der Waals surface area contributed by atoms with Crippen LogP contribution in [0.5, 0.6) is 0 Å². The molecule has 0 heterocycles. The van der Waals surface area contributed by atoms with E-state index in [2.05, 4.69) is 5.32 Å². The molecule has 0 saturated heterocycles. The molecule has 1 aliphatic carbocycles. The van der Waals surface area contributed by atoms with E-state index in [1.54, 1.807) is 19.2 Å². The molecule has 0 aromatic heterocycles. The lowest BCUT2D eigenvalue weighted by atomic mass is 10.1. The van der Waals surface area contributed by atoms with Gasteiger partial charge in [-0.2, -0.15) is 4.31 Å². The molecule has 1 aromatic carbocycles. The summed E-state index contributed by atoms with van der Waals surface area (Å²) in [5.74, 6) is 0.532. The molecular weight excluding hydrogens is 272 g/mol. The molecule has 1 aliphatic rings. The molecule has 1 N–H and O–H groups in total. The molecule has 2 rings (SSSR count). The minimum absolute atomic E-state index is 0.0870. The van der Waals surface area contributed by atoms with Crippen molar-refractivity contribution in [3.05, 3.63) is 29.8 Å². The Hall–Kier alpha value is -0.910. The van der Waals surface area contributed by atoms with Gasteiger partial charge >= 0.3 is 0 Å². The summed E-state index contributed by atoms with van der Waals surface area (Å²) in [6, 6.07) is 7.33. The van der Waals surface area contributed by atoms with Gasteiger partial charge in [0.25, 0.3) is 0 Å². The number of benzene rings is 1. The zero-order valence-corrected chi connectivity index (χ0v) is 13.3. The van der Waals surface area contributed by atoms with Gasteiger partial charge in [0, 0.05) is 13.1 Å². The van der Waals surface area contributed by atoms with Gasteiger partial charge in [-0.3, -0.25) is 0 Å². The van der Waals surface area contributed by atoms with Crippen LogP contribution in [0, 0.1) is 5.92 Å². The SMILES string of the molecule is CNCCc1ccc(S(=O)(=O)N(C)C(C)C2CC2)cc1. The van der Waals surface area contributed by atoms with E-state index in [4.69, 9.17) is 0 Å². The van der Waals surface area contributed by atoms with E-state index in [0.29, 0.717) is 10.8 Å². The summed E-state index contributed by atoms with van der Waals surface area (Å²) in [4.78, 5) is 0.390. The van der Waals surface area contributed by atoms with E-state index < -0.39 is 10.0 Å². The molecule has 1 saturated carbocycles. The van der Waals surface area contributed by atoms with E-state index in [1.165, 1.54) is 4.31 Å². The fraction of sp³-hybridized carbons (Fsp3) is 0.600. The summed E-state index contributed by atoms with van der Waals surface area (Å²) < 4.78 is 26.6. The first-order chi connectivity index (χ1) is 9.46. The van der Waals surface area contributed by atoms with E-state index in [-0.39, 0.29) is 6.04 Å². The van der Waals surface area contributed by atoms with Crippen molar-refractivity contribution in [1.29, 1.82) is 0 Å². The molecule has 1 unspecified atom stereocenters. The van der Waals surface area contributed by atoms with Crippen LogP contribution in [0.2, 0.25) is 0 Å². The zero-order chi connectivity index (χ0) is 14.8. The Morgan fingerprint density at radius 2 is 1.90 bits per heavy atom. The zero-order valence-electron chi connectivity index (χ0n) is 12.5. The Morgan fingerprint density at radius 3 is 2.40 bits per heavy atom. The van der Waals surface area contributed by atoms with Gasteiger partial charge in [0.05, 0.1) is 4.90 Å². The normalized spacial score (nSPS) is 17.4. The van der Waals surface area contributed by atoms with Crippen molar-refractivity contribution < 1.29 is 8.42 Å². The van der Waals surface area contributed by atoms with Crippen LogP contribution in [0.15, 0.2) is 29.2 Å². The fourth-order valence-electron chi connectivity index (χ4n) is 2.36. The van der Waals surface area contributed by atoms with Crippen molar-refractivity contribution in [3.8, 4) is 0 Å². The second-order valence-corrected chi connectivity index (χ2v) is 7.59. The van der Waals surface area contributed by atoms with Crippen LogP contribution in [0.1, 0.15) is 25.3 Å². The summed E-state index contributed by atoms with van der Waals surface area (Å²) in [7, 11) is 0.235. The highest BCUT2D eigenvalue weighted by molar-refractivity contribution is 7.89. The van der Waals surface area contributed by atoms with E-state index in [1.807, 2.05) is 26.1 Å². The third kappa shape index (κ3) is 3.40. The molecule has 0 spiro atoms. The topological polar surface area (TPSA) is 49.4 Å². The van der Waals surface area contributed by atoms with E-state index >= 15 is 0 Å². The molecule has 112 valence electrons. The van der Waals surface area contributed by atoms with Gasteiger partial charge in [-0.05, 0) is 63.4 Å². The molecule has 1 aromatic rings. The van der Waals surface area contributed by atoms with Crippen molar-refractivity contribution in [2.75, 3.05) is 20.6 Å². The molecule has 0 radical (unpaired) electrons. The smallest absolute Gasteiger partial charge is 0.243 e. The molecule has 1 atom stereocenters. The molecule has 0 amide bonds. The number of hydrogen-bond donors (Lipinski definition) is 1. The molecule has 1 fully saturated rings. The van der Waals surface area contributed by atoms with Crippen LogP contribution in [0.25, 0.3) is 0 Å². The van der Waals surface area contributed by atoms with Crippen molar-refractivity contribution in [3.63, 3.8) is 0 Å². The summed E-state index contributed by atoms with van der Waals surface area (Å²) in [6.07, 6.45) is 3.19. The number of nitrogens with one attached hydrogen (secondary N) is 1. The number of hydrogen-bond acceptors (Lipinski definition) is 3. The van der Waals surface area contributed by atoms with Crippen LogP contribution < -0.4 is 5.32 Å². The summed E-state index contributed by atoms with van der Waals surface area (Å²) in [5, 5.41) is 3.09. The average Bonchev–Trinajstić information content (AvgIpc) is 3.28.